The number of rotatable bonds is 9. The Labute approximate surface area is 252 Å². The number of fused-ring (bicyclic) bond motifs is 1. The summed E-state index contributed by atoms with van der Waals surface area (Å²) < 4.78 is 6.90. The Balaban J connectivity index is 1.42. The van der Waals surface area contributed by atoms with Crippen molar-refractivity contribution in [2.24, 2.45) is 11.8 Å². The molecule has 1 spiro atoms. The summed E-state index contributed by atoms with van der Waals surface area (Å²) in [7, 11) is 0. The van der Waals surface area contributed by atoms with E-state index >= 15 is 0 Å². The molecule has 8 nitrogen and oxygen atoms in total. The van der Waals surface area contributed by atoms with Gasteiger partial charge >= 0.3 is 0 Å². The molecule has 2 unspecified atom stereocenters. The van der Waals surface area contributed by atoms with E-state index in [2.05, 4.69) is 10.6 Å². The third kappa shape index (κ3) is 4.73. The first-order chi connectivity index (χ1) is 20.7. The number of hydrogen-bond donors (Lipinski definition) is 3. The first kappa shape index (κ1) is 29.1. The van der Waals surface area contributed by atoms with Gasteiger partial charge < -0.3 is 25.4 Å². The van der Waals surface area contributed by atoms with Gasteiger partial charge in [-0.05, 0) is 61.4 Å². The first-order valence-corrected chi connectivity index (χ1v) is 15.1. The second kappa shape index (κ2) is 11.2. The Hall–Kier alpha value is -4.01. The third-order valence-corrected chi connectivity index (χ3v) is 9.80. The van der Waals surface area contributed by atoms with Crippen LogP contribution in [-0.2, 0) is 25.7 Å². The quantitative estimate of drug-likeness (QED) is 0.346. The van der Waals surface area contributed by atoms with Gasteiger partial charge in [0.1, 0.15) is 11.6 Å². The van der Waals surface area contributed by atoms with Gasteiger partial charge in [0.2, 0.25) is 17.7 Å². The maximum atomic E-state index is 14.7. The van der Waals surface area contributed by atoms with Crippen LogP contribution in [0.3, 0.4) is 0 Å². The molecule has 6 rings (SSSR count). The SMILES string of the molecule is CC[C@]12CCC3(O1)C(C(=O)Nc1cc(C)ccc1C)N([C@H](CO)c1ccccc1)C(=O)[C@@H]3[C@H]2C(=O)NCc1ccccc1. The highest BCUT2D eigenvalue weighted by molar-refractivity contribution is 6.04. The number of carbonyl (C=O) groups is 3. The Morgan fingerprint density at radius 3 is 2.37 bits per heavy atom. The molecule has 3 saturated heterocycles. The fourth-order valence-electron chi connectivity index (χ4n) is 7.69. The molecule has 0 radical (unpaired) electrons. The van der Waals surface area contributed by atoms with Crippen LogP contribution in [0.1, 0.15) is 54.5 Å². The van der Waals surface area contributed by atoms with E-state index in [4.69, 9.17) is 4.74 Å². The Bertz CT molecular complexity index is 1530. The second-order valence-electron chi connectivity index (χ2n) is 12.2. The minimum Gasteiger partial charge on any atom is -0.394 e. The van der Waals surface area contributed by atoms with E-state index in [0.29, 0.717) is 37.1 Å². The number of benzene rings is 3. The number of anilines is 1. The number of aliphatic hydroxyl groups is 1. The van der Waals surface area contributed by atoms with Crippen molar-refractivity contribution in [2.75, 3.05) is 11.9 Å². The molecule has 3 N–H and O–H groups in total. The molecule has 0 aromatic heterocycles. The summed E-state index contributed by atoms with van der Waals surface area (Å²) in [6.07, 6.45) is 1.57. The van der Waals surface area contributed by atoms with Crippen molar-refractivity contribution in [3.8, 4) is 0 Å². The fraction of sp³-hybridized carbons (Fsp3) is 0.400. The average Bonchev–Trinajstić information content (AvgIpc) is 3.63. The van der Waals surface area contributed by atoms with E-state index in [1.807, 2.05) is 99.6 Å². The molecule has 8 heteroatoms. The van der Waals surface area contributed by atoms with Crippen LogP contribution in [0, 0.1) is 25.7 Å². The highest BCUT2D eigenvalue weighted by Gasteiger charge is 2.79. The van der Waals surface area contributed by atoms with Crippen LogP contribution in [0.25, 0.3) is 0 Å². The molecule has 2 bridgehead atoms. The molecule has 3 amide bonds. The number of ether oxygens (including phenoxy) is 1. The number of hydrogen-bond acceptors (Lipinski definition) is 5. The molecule has 3 aromatic carbocycles. The minimum absolute atomic E-state index is 0.249. The first-order valence-electron chi connectivity index (χ1n) is 15.1. The van der Waals surface area contributed by atoms with Gasteiger partial charge in [-0.2, -0.15) is 0 Å². The molecular formula is C35H39N3O5. The van der Waals surface area contributed by atoms with Gasteiger partial charge in [0.15, 0.2) is 0 Å². The lowest BCUT2D eigenvalue weighted by atomic mass is 9.65. The molecule has 3 aromatic rings. The van der Waals surface area contributed by atoms with Gasteiger partial charge in [0, 0.05) is 12.2 Å². The predicted molar refractivity (Wildman–Crippen MR) is 163 cm³/mol. The topological polar surface area (TPSA) is 108 Å². The Kier molecular flexibility index (Phi) is 7.60. The molecule has 0 aliphatic carbocycles. The number of aliphatic hydroxyl groups excluding tert-OH is 1. The summed E-state index contributed by atoms with van der Waals surface area (Å²) in [5, 5.41) is 16.8. The van der Waals surface area contributed by atoms with Crippen molar-refractivity contribution >= 4 is 23.4 Å². The summed E-state index contributed by atoms with van der Waals surface area (Å²) in [5.41, 5.74) is 2.15. The van der Waals surface area contributed by atoms with E-state index < -0.39 is 35.1 Å². The summed E-state index contributed by atoms with van der Waals surface area (Å²) >= 11 is 0. The summed E-state index contributed by atoms with van der Waals surface area (Å²) in [6, 6.07) is 22.9. The van der Waals surface area contributed by atoms with Crippen LogP contribution < -0.4 is 10.6 Å². The number of carbonyl (C=O) groups excluding carboxylic acids is 3. The number of nitrogens with one attached hydrogen (secondary N) is 2. The van der Waals surface area contributed by atoms with Gasteiger partial charge in [0.25, 0.3) is 0 Å². The number of likely N-dealkylation sites (tertiary alicyclic amines) is 1. The van der Waals surface area contributed by atoms with E-state index in [-0.39, 0.29) is 24.3 Å². The molecule has 43 heavy (non-hydrogen) atoms. The van der Waals surface area contributed by atoms with Crippen LogP contribution in [0.4, 0.5) is 5.69 Å². The van der Waals surface area contributed by atoms with Gasteiger partial charge in [-0.3, -0.25) is 14.4 Å². The highest BCUT2D eigenvalue weighted by Crippen LogP contribution is 2.65. The summed E-state index contributed by atoms with van der Waals surface area (Å²) in [6.45, 7) is 5.80. The van der Waals surface area contributed by atoms with Crippen molar-refractivity contribution in [3.05, 3.63) is 101 Å². The molecule has 224 valence electrons. The zero-order chi connectivity index (χ0) is 30.4. The Morgan fingerprint density at radius 1 is 1.00 bits per heavy atom. The molecule has 3 heterocycles. The van der Waals surface area contributed by atoms with Crippen molar-refractivity contribution in [3.63, 3.8) is 0 Å². The zero-order valence-electron chi connectivity index (χ0n) is 24.9. The number of aryl methyl sites for hydroxylation is 2. The lowest BCUT2D eigenvalue weighted by molar-refractivity contribution is -0.149. The molecule has 3 fully saturated rings. The predicted octanol–water partition coefficient (Wildman–Crippen LogP) is 4.45. The average molecular weight is 582 g/mol. The van der Waals surface area contributed by atoms with E-state index in [1.54, 1.807) is 0 Å². The van der Waals surface area contributed by atoms with Crippen LogP contribution in [0.2, 0.25) is 0 Å². The highest BCUT2D eigenvalue weighted by atomic mass is 16.5. The van der Waals surface area contributed by atoms with Crippen LogP contribution >= 0.6 is 0 Å². The van der Waals surface area contributed by atoms with Crippen LogP contribution in [0.5, 0.6) is 0 Å². The van der Waals surface area contributed by atoms with Crippen LogP contribution in [-0.4, -0.2) is 51.6 Å². The van der Waals surface area contributed by atoms with Crippen LogP contribution in [0.15, 0.2) is 78.9 Å². The summed E-state index contributed by atoms with van der Waals surface area (Å²) in [4.78, 5) is 44.6. The van der Waals surface area contributed by atoms with Gasteiger partial charge in [-0.15, -0.1) is 0 Å². The monoisotopic (exact) mass is 581 g/mol. The molecule has 3 aliphatic heterocycles. The lowest BCUT2D eigenvalue weighted by Crippen LogP contribution is -2.54. The van der Waals surface area contributed by atoms with Crippen molar-refractivity contribution in [2.45, 2.75) is 69.9 Å². The molecule has 6 atom stereocenters. The van der Waals surface area contributed by atoms with E-state index in [1.165, 1.54) is 4.90 Å². The van der Waals surface area contributed by atoms with Crippen molar-refractivity contribution in [1.82, 2.24) is 10.2 Å². The Morgan fingerprint density at radius 2 is 1.70 bits per heavy atom. The molecule has 3 aliphatic rings. The number of amides is 3. The molecular weight excluding hydrogens is 542 g/mol. The summed E-state index contributed by atoms with van der Waals surface area (Å²) in [5.74, 6) is -2.58. The number of nitrogens with zero attached hydrogens (tertiary/aromatic N) is 1. The van der Waals surface area contributed by atoms with Gasteiger partial charge in [-0.25, -0.2) is 0 Å². The van der Waals surface area contributed by atoms with E-state index in [0.717, 1.165) is 16.7 Å². The lowest BCUT2D eigenvalue weighted by Gasteiger charge is -2.37. The van der Waals surface area contributed by atoms with Crippen molar-refractivity contribution in [1.29, 1.82) is 0 Å². The fourth-order valence-corrected chi connectivity index (χ4v) is 7.69. The van der Waals surface area contributed by atoms with Gasteiger partial charge in [-0.1, -0.05) is 79.7 Å². The maximum absolute atomic E-state index is 14.7. The largest absolute Gasteiger partial charge is 0.394 e. The second-order valence-corrected chi connectivity index (χ2v) is 12.2. The normalized spacial score (nSPS) is 28.0. The van der Waals surface area contributed by atoms with Gasteiger partial charge in [0.05, 0.1) is 30.1 Å². The van der Waals surface area contributed by atoms with E-state index in [9.17, 15) is 19.5 Å². The maximum Gasteiger partial charge on any atom is 0.250 e. The zero-order valence-corrected chi connectivity index (χ0v) is 24.9. The molecule has 0 saturated carbocycles. The third-order valence-electron chi connectivity index (χ3n) is 9.80. The minimum atomic E-state index is -1.20. The van der Waals surface area contributed by atoms with Crippen molar-refractivity contribution < 1.29 is 24.2 Å². The standard InChI is InChI=1S/C35H39N3O5/c1-4-34-17-18-35(43-34)29(28(34)31(40)36-20-24-11-7-5-8-12-24)33(42)38(27(21-39)25-13-9-6-10-14-25)30(35)32(41)37-26-19-22(2)15-16-23(26)3/h5-16,19,27-30,39H,4,17-18,20-21H2,1-3H3,(H,36,40)(H,37,41)/t27-,28+,29+,30?,34-,35?/m1/s1. The smallest absolute Gasteiger partial charge is 0.250 e.